The molecule has 128 valence electrons. The molecule has 0 bridgehead atoms. The number of benzene rings is 1. The highest BCUT2D eigenvalue weighted by atomic mass is 35.5. The highest BCUT2D eigenvalue weighted by molar-refractivity contribution is 7.89. The Balaban J connectivity index is 1.92. The standard InChI is InChI=1S/C14H13Cl2N3O3S2/c1-7-6-23-14(17-7)18-13(20)9-4-12(11(16)5-10(9)15)24(21,22)19-8-2-3-8/h4-6,8,19H,2-3H2,1H3,(H,17,18,20). The van der Waals surface area contributed by atoms with Crippen molar-refractivity contribution < 1.29 is 13.2 Å². The Morgan fingerprint density at radius 1 is 1.29 bits per heavy atom. The number of thiazole rings is 1. The van der Waals surface area contributed by atoms with Gasteiger partial charge < -0.3 is 0 Å². The van der Waals surface area contributed by atoms with Gasteiger partial charge in [-0.2, -0.15) is 0 Å². The number of aromatic nitrogens is 1. The molecule has 1 aromatic carbocycles. The number of nitrogens with one attached hydrogen (secondary N) is 2. The number of anilines is 1. The van der Waals surface area contributed by atoms with Gasteiger partial charge in [0.2, 0.25) is 10.0 Å². The lowest BCUT2D eigenvalue weighted by molar-refractivity contribution is 0.102. The number of carbonyl (C=O) groups is 1. The summed E-state index contributed by atoms with van der Waals surface area (Å²) in [7, 11) is -3.80. The number of aryl methyl sites for hydroxylation is 1. The van der Waals surface area contributed by atoms with E-state index in [9.17, 15) is 13.2 Å². The third-order valence-corrected chi connectivity index (χ3v) is 6.47. The van der Waals surface area contributed by atoms with E-state index in [2.05, 4.69) is 15.0 Å². The van der Waals surface area contributed by atoms with E-state index in [1.54, 1.807) is 12.3 Å². The molecule has 0 spiro atoms. The van der Waals surface area contributed by atoms with Gasteiger partial charge in [0.15, 0.2) is 5.13 Å². The zero-order chi connectivity index (χ0) is 17.5. The monoisotopic (exact) mass is 405 g/mol. The van der Waals surface area contributed by atoms with E-state index in [4.69, 9.17) is 23.2 Å². The number of amides is 1. The highest BCUT2D eigenvalue weighted by Crippen LogP contribution is 2.31. The minimum atomic E-state index is -3.80. The molecule has 1 saturated carbocycles. The topological polar surface area (TPSA) is 88.2 Å². The fourth-order valence-corrected chi connectivity index (χ4v) is 4.82. The van der Waals surface area contributed by atoms with E-state index in [-0.39, 0.29) is 26.5 Å². The summed E-state index contributed by atoms with van der Waals surface area (Å²) in [4.78, 5) is 16.3. The molecule has 0 saturated heterocycles. The molecule has 0 atom stereocenters. The van der Waals surface area contributed by atoms with Crippen molar-refractivity contribution in [2.45, 2.75) is 30.7 Å². The van der Waals surface area contributed by atoms with Crippen LogP contribution in [0.15, 0.2) is 22.4 Å². The molecule has 1 fully saturated rings. The maximum absolute atomic E-state index is 12.4. The van der Waals surface area contributed by atoms with Gasteiger partial charge in [0, 0.05) is 11.4 Å². The average molecular weight is 406 g/mol. The molecule has 1 heterocycles. The third-order valence-electron chi connectivity index (χ3n) is 3.29. The number of carbonyl (C=O) groups excluding carboxylic acids is 1. The van der Waals surface area contributed by atoms with Gasteiger partial charge in [-0.3, -0.25) is 10.1 Å². The Hall–Kier alpha value is -1.19. The van der Waals surface area contributed by atoms with Crippen LogP contribution in [0, 0.1) is 6.92 Å². The van der Waals surface area contributed by atoms with Gasteiger partial charge in [-0.1, -0.05) is 23.2 Å². The number of hydrogen-bond acceptors (Lipinski definition) is 5. The fourth-order valence-electron chi connectivity index (χ4n) is 1.97. The Morgan fingerprint density at radius 2 is 2.00 bits per heavy atom. The first kappa shape index (κ1) is 17.6. The van der Waals surface area contributed by atoms with E-state index in [0.717, 1.165) is 18.5 Å². The van der Waals surface area contributed by atoms with Gasteiger partial charge in [0.1, 0.15) is 4.90 Å². The van der Waals surface area contributed by atoms with Crippen LogP contribution >= 0.6 is 34.5 Å². The SMILES string of the molecule is Cc1csc(NC(=O)c2cc(S(=O)(=O)NC3CC3)c(Cl)cc2Cl)n1. The molecule has 1 amide bonds. The number of nitrogens with zero attached hydrogens (tertiary/aromatic N) is 1. The van der Waals surface area contributed by atoms with Crippen LogP contribution in [0.5, 0.6) is 0 Å². The second-order valence-electron chi connectivity index (χ2n) is 5.41. The molecular weight excluding hydrogens is 393 g/mol. The van der Waals surface area contributed by atoms with Crippen molar-refractivity contribution >= 4 is 55.6 Å². The molecule has 0 aliphatic heterocycles. The largest absolute Gasteiger partial charge is 0.298 e. The molecule has 1 aliphatic carbocycles. The van der Waals surface area contributed by atoms with E-state index in [1.807, 2.05) is 0 Å². The van der Waals surface area contributed by atoms with Gasteiger partial charge >= 0.3 is 0 Å². The smallest absolute Gasteiger partial charge is 0.259 e. The summed E-state index contributed by atoms with van der Waals surface area (Å²) < 4.78 is 27.3. The predicted octanol–water partition coefficient (Wildman–Crippen LogP) is 3.45. The maximum Gasteiger partial charge on any atom is 0.259 e. The summed E-state index contributed by atoms with van der Waals surface area (Å²) in [5, 5.41) is 4.82. The minimum Gasteiger partial charge on any atom is -0.298 e. The molecule has 6 nitrogen and oxygen atoms in total. The normalized spacial score (nSPS) is 14.6. The molecule has 0 radical (unpaired) electrons. The van der Waals surface area contributed by atoms with Crippen molar-refractivity contribution in [3.63, 3.8) is 0 Å². The summed E-state index contributed by atoms with van der Waals surface area (Å²) in [6, 6.07) is 2.37. The van der Waals surface area contributed by atoms with Crippen molar-refractivity contribution in [1.29, 1.82) is 0 Å². The summed E-state index contributed by atoms with van der Waals surface area (Å²) in [6.07, 6.45) is 1.59. The minimum absolute atomic E-state index is 0.0186. The number of halogens is 2. The third kappa shape index (κ3) is 3.89. The first-order valence-corrected chi connectivity index (χ1v) is 10.1. The van der Waals surface area contributed by atoms with Crippen molar-refractivity contribution in [2.75, 3.05) is 5.32 Å². The molecule has 0 unspecified atom stereocenters. The van der Waals surface area contributed by atoms with E-state index < -0.39 is 15.9 Å². The van der Waals surface area contributed by atoms with Crippen LogP contribution in [0.25, 0.3) is 0 Å². The maximum atomic E-state index is 12.4. The van der Waals surface area contributed by atoms with Crippen LogP contribution in [-0.2, 0) is 10.0 Å². The van der Waals surface area contributed by atoms with Crippen molar-refractivity contribution in [3.8, 4) is 0 Å². The lowest BCUT2D eigenvalue weighted by Crippen LogP contribution is -2.26. The van der Waals surface area contributed by atoms with Crippen LogP contribution < -0.4 is 10.0 Å². The van der Waals surface area contributed by atoms with E-state index in [0.29, 0.717) is 5.13 Å². The first-order valence-electron chi connectivity index (χ1n) is 7.01. The molecule has 3 rings (SSSR count). The van der Waals surface area contributed by atoms with E-state index in [1.165, 1.54) is 23.5 Å². The first-order chi connectivity index (χ1) is 11.3. The molecular formula is C14H13Cl2N3O3S2. The Labute approximate surface area is 153 Å². The van der Waals surface area contributed by atoms with Crippen molar-refractivity contribution in [3.05, 3.63) is 38.8 Å². The van der Waals surface area contributed by atoms with Gasteiger partial charge in [-0.25, -0.2) is 18.1 Å². The molecule has 10 heteroatoms. The number of hydrogen-bond donors (Lipinski definition) is 2. The molecule has 2 aromatic rings. The zero-order valence-electron chi connectivity index (χ0n) is 12.5. The Bertz CT molecular complexity index is 908. The van der Waals surface area contributed by atoms with Gasteiger partial charge in [-0.05, 0) is 31.9 Å². The summed E-state index contributed by atoms with van der Waals surface area (Å²) in [5.41, 5.74) is 0.791. The lowest BCUT2D eigenvalue weighted by atomic mass is 10.2. The van der Waals surface area contributed by atoms with Crippen LogP contribution in [0.1, 0.15) is 28.9 Å². The zero-order valence-corrected chi connectivity index (χ0v) is 15.6. The average Bonchev–Trinajstić information content (AvgIpc) is 3.18. The molecule has 1 aromatic heterocycles. The summed E-state index contributed by atoms with van der Waals surface area (Å²) in [5.74, 6) is -0.547. The van der Waals surface area contributed by atoms with Crippen molar-refractivity contribution in [2.24, 2.45) is 0 Å². The Morgan fingerprint density at radius 3 is 2.58 bits per heavy atom. The molecule has 1 aliphatic rings. The predicted molar refractivity (Wildman–Crippen MR) is 94.6 cm³/mol. The molecule has 2 N–H and O–H groups in total. The second-order valence-corrected chi connectivity index (χ2v) is 8.76. The van der Waals surface area contributed by atoms with Crippen LogP contribution in [-0.4, -0.2) is 25.4 Å². The summed E-state index contributed by atoms with van der Waals surface area (Å²) in [6.45, 7) is 1.80. The highest BCUT2D eigenvalue weighted by Gasteiger charge is 2.30. The lowest BCUT2D eigenvalue weighted by Gasteiger charge is -2.11. The second kappa shape index (κ2) is 6.61. The fraction of sp³-hybridized carbons (Fsp3) is 0.286. The van der Waals surface area contributed by atoms with Crippen LogP contribution in [0.2, 0.25) is 10.0 Å². The van der Waals surface area contributed by atoms with E-state index >= 15 is 0 Å². The van der Waals surface area contributed by atoms with Crippen LogP contribution in [0.3, 0.4) is 0 Å². The van der Waals surface area contributed by atoms with Crippen LogP contribution in [0.4, 0.5) is 5.13 Å². The van der Waals surface area contributed by atoms with Gasteiger partial charge in [0.25, 0.3) is 5.91 Å². The van der Waals surface area contributed by atoms with Gasteiger partial charge in [-0.15, -0.1) is 11.3 Å². The quantitative estimate of drug-likeness (QED) is 0.796. The van der Waals surface area contributed by atoms with Crippen molar-refractivity contribution in [1.82, 2.24) is 9.71 Å². The Kier molecular flexibility index (Phi) is 4.85. The number of rotatable bonds is 5. The molecule has 24 heavy (non-hydrogen) atoms. The summed E-state index contributed by atoms with van der Waals surface area (Å²) >= 11 is 13.3. The number of sulfonamides is 1. The van der Waals surface area contributed by atoms with Gasteiger partial charge in [0.05, 0.1) is 21.3 Å².